The second-order valence-corrected chi connectivity index (χ2v) is 6.15. The van der Waals surface area contributed by atoms with Crippen LogP contribution in [-0.4, -0.2) is 44.6 Å². The SMILES string of the molecule is CN=C(NCCSc1ccccc1)NCC(C)(C)OC.I. The average Bonchev–Trinajstić information content (AvgIpc) is 2.47. The summed E-state index contributed by atoms with van der Waals surface area (Å²) < 4.78 is 5.37. The molecule has 0 spiro atoms. The molecule has 1 rings (SSSR count). The molecular weight excluding hydrogens is 397 g/mol. The minimum absolute atomic E-state index is 0. The Balaban J connectivity index is 0.00000400. The number of methoxy groups -OCH3 is 1. The summed E-state index contributed by atoms with van der Waals surface area (Å²) in [5.41, 5.74) is -0.198. The molecule has 120 valence electrons. The monoisotopic (exact) mass is 423 g/mol. The Morgan fingerprint density at radius 1 is 1.24 bits per heavy atom. The zero-order valence-electron chi connectivity index (χ0n) is 13.2. The largest absolute Gasteiger partial charge is 0.377 e. The zero-order chi connectivity index (χ0) is 14.8. The van der Waals surface area contributed by atoms with E-state index in [0.717, 1.165) is 24.8 Å². The van der Waals surface area contributed by atoms with E-state index in [9.17, 15) is 0 Å². The number of rotatable bonds is 7. The van der Waals surface area contributed by atoms with E-state index in [4.69, 9.17) is 4.74 Å². The Kier molecular flexibility index (Phi) is 10.9. The van der Waals surface area contributed by atoms with Gasteiger partial charge in [0.05, 0.1) is 5.60 Å². The van der Waals surface area contributed by atoms with E-state index < -0.39 is 0 Å². The molecule has 4 nitrogen and oxygen atoms in total. The van der Waals surface area contributed by atoms with Crippen LogP contribution in [0.5, 0.6) is 0 Å². The summed E-state index contributed by atoms with van der Waals surface area (Å²) in [5.74, 6) is 1.81. The lowest BCUT2D eigenvalue weighted by molar-refractivity contribution is 0.0268. The third-order valence-corrected chi connectivity index (χ3v) is 3.88. The van der Waals surface area contributed by atoms with E-state index >= 15 is 0 Å². The molecule has 21 heavy (non-hydrogen) atoms. The number of ether oxygens (including phenoxy) is 1. The van der Waals surface area contributed by atoms with Crippen molar-refractivity contribution >= 4 is 41.7 Å². The molecule has 6 heteroatoms. The molecular formula is C15H26IN3OS. The average molecular weight is 423 g/mol. The van der Waals surface area contributed by atoms with Gasteiger partial charge in [-0.25, -0.2) is 0 Å². The fraction of sp³-hybridized carbons (Fsp3) is 0.533. The molecule has 0 heterocycles. The van der Waals surface area contributed by atoms with Gasteiger partial charge in [-0.2, -0.15) is 0 Å². The summed E-state index contributed by atoms with van der Waals surface area (Å²) >= 11 is 1.83. The van der Waals surface area contributed by atoms with Crippen molar-refractivity contribution in [2.24, 2.45) is 4.99 Å². The molecule has 0 aromatic heterocycles. The number of guanidine groups is 1. The van der Waals surface area contributed by atoms with Crippen LogP contribution in [0.1, 0.15) is 13.8 Å². The maximum atomic E-state index is 5.37. The van der Waals surface area contributed by atoms with Gasteiger partial charge in [-0.1, -0.05) is 18.2 Å². The van der Waals surface area contributed by atoms with Crippen molar-refractivity contribution in [1.82, 2.24) is 10.6 Å². The first-order valence-electron chi connectivity index (χ1n) is 6.75. The van der Waals surface area contributed by atoms with E-state index in [2.05, 4.69) is 39.9 Å². The normalized spacial score (nSPS) is 11.7. The van der Waals surface area contributed by atoms with Crippen LogP contribution in [0.25, 0.3) is 0 Å². The van der Waals surface area contributed by atoms with Crippen molar-refractivity contribution in [2.45, 2.75) is 24.3 Å². The van der Waals surface area contributed by atoms with Crippen LogP contribution in [0.3, 0.4) is 0 Å². The van der Waals surface area contributed by atoms with E-state index in [1.165, 1.54) is 4.90 Å². The van der Waals surface area contributed by atoms with Gasteiger partial charge >= 0.3 is 0 Å². The summed E-state index contributed by atoms with van der Waals surface area (Å²) in [6.07, 6.45) is 0. The van der Waals surface area contributed by atoms with Crippen LogP contribution >= 0.6 is 35.7 Å². The summed E-state index contributed by atoms with van der Waals surface area (Å²) in [5, 5.41) is 6.56. The number of hydrogen-bond acceptors (Lipinski definition) is 3. The van der Waals surface area contributed by atoms with Gasteiger partial charge in [0.1, 0.15) is 0 Å². The number of halogens is 1. The Morgan fingerprint density at radius 3 is 2.48 bits per heavy atom. The minimum atomic E-state index is -0.198. The number of hydrogen-bond donors (Lipinski definition) is 2. The highest BCUT2D eigenvalue weighted by Crippen LogP contribution is 2.15. The first kappa shape index (κ1) is 20.5. The smallest absolute Gasteiger partial charge is 0.191 e. The third-order valence-electron chi connectivity index (χ3n) is 2.86. The molecule has 0 saturated carbocycles. The quantitative estimate of drug-likeness (QED) is 0.233. The highest BCUT2D eigenvalue weighted by atomic mass is 127. The lowest BCUT2D eigenvalue weighted by atomic mass is 10.1. The van der Waals surface area contributed by atoms with Gasteiger partial charge in [0, 0.05) is 37.9 Å². The maximum absolute atomic E-state index is 5.37. The van der Waals surface area contributed by atoms with E-state index in [1.807, 2.05) is 31.7 Å². The molecule has 0 bridgehead atoms. The minimum Gasteiger partial charge on any atom is -0.377 e. The predicted octanol–water partition coefficient (Wildman–Crippen LogP) is 2.99. The molecule has 0 unspecified atom stereocenters. The summed E-state index contributed by atoms with van der Waals surface area (Å²) in [6, 6.07) is 10.4. The lowest BCUT2D eigenvalue weighted by Gasteiger charge is -2.24. The highest BCUT2D eigenvalue weighted by molar-refractivity contribution is 14.0. The Morgan fingerprint density at radius 2 is 1.90 bits per heavy atom. The van der Waals surface area contributed by atoms with E-state index in [0.29, 0.717) is 0 Å². The standard InChI is InChI=1S/C15H25N3OS.HI/c1-15(2,19-4)12-18-14(16-3)17-10-11-20-13-8-6-5-7-9-13;/h5-9H,10-12H2,1-4H3,(H2,16,17,18);1H. The lowest BCUT2D eigenvalue weighted by Crippen LogP contribution is -2.45. The Bertz CT molecular complexity index is 413. The van der Waals surface area contributed by atoms with Gasteiger partial charge < -0.3 is 15.4 Å². The fourth-order valence-electron chi connectivity index (χ4n) is 1.44. The molecule has 1 aromatic carbocycles. The molecule has 1 aromatic rings. The van der Waals surface area contributed by atoms with Crippen molar-refractivity contribution in [3.05, 3.63) is 30.3 Å². The highest BCUT2D eigenvalue weighted by Gasteiger charge is 2.16. The van der Waals surface area contributed by atoms with E-state index in [1.54, 1.807) is 14.2 Å². The summed E-state index contributed by atoms with van der Waals surface area (Å²) in [6.45, 7) is 5.67. The summed E-state index contributed by atoms with van der Waals surface area (Å²) in [7, 11) is 3.49. The van der Waals surface area contributed by atoms with Crippen molar-refractivity contribution in [1.29, 1.82) is 0 Å². The van der Waals surface area contributed by atoms with Gasteiger partial charge in [-0.3, -0.25) is 4.99 Å². The van der Waals surface area contributed by atoms with Crippen LogP contribution in [0.4, 0.5) is 0 Å². The van der Waals surface area contributed by atoms with Crippen molar-refractivity contribution in [2.75, 3.05) is 33.0 Å². The predicted molar refractivity (Wildman–Crippen MR) is 103 cm³/mol. The number of nitrogens with one attached hydrogen (secondary N) is 2. The number of nitrogens with zero attached hydrogens (tertiary/aromatic N) is 1. The van der Waals surface area contributed by atoms with Crippen molar-refractivity contribution in [3.8, 4) is 0 Å². The molecule has 0 fully saturated rings. The first-order chi connectivity index (χ1) is 9.57. The zero-order valence-corrected chi connectivity index (χ0v) is 16.3. The molecule has 0 aliphatic carbocycles. The fourth-order valence-corrected chi connectivity index (χ4v) is 2.23. The van der Waals surface area contributed by atoms with Crippen LogP contribution in [0, 0.1) is 0 Å². The molecule has 0 amide bonds. The number of thioether (sulfide) groups is 1. The topological polar surface area (TPSA) is 45.7 Å². The second-order valence-electron chi connectivity index (χ2n) is 4.98. The molecule has 0 atom stereocenters. The van der Waals surface area contributed by atoms with Gasteiger partial charge in [-0.15, -0.1) is 35.7 Å². The van der Waals surface area contributed by atoms with Crippen LogP contribution < -0.4 is 10.6 Å². The van der Waals surface area contributed by atoms with Crippen LogP contribution in [0.15, 0.2) is 40.2 Å². The Hall–Kier alpha value is -0.470. The van der Waals surface area contributed by atoms with Gasteiger partial charge in [-0.05, 0) is 26.0 Å². The molecule has 0 radical (unpaired) electrons. The van der Waals surface area contributed by atoms with Gasteiger partial charge in [0.15, 0.2) is 5.96 Å². The van der Waals surface area contributed by atoms with Gasteiger partial charge in [0.25, 0.3) is 0 Å². The third kappa shape index (κ3) is 9.21. The first-order valence-corrected chi connectivity index (χ1v) is 7.73. The van der Waals surface area contributed by atoms with Crippen molar-refractivity contribution in [3.63, 3.8) is 0 Å². The molecule has 2 N–H and O–H groups in total. The number of aliphatic imine (C=N–C) groups is 1. The second kappa shape index (κ2) is 11.1. The summed E-state index contributed by atoms with van der Waals surface area (Å²) in [4.78, 5) is 5.49. The Labute approximate surface area is 149 Å². The molecule has 0 aliphatic heterocycles. The number of benzene rings is 1. The molecule has 0 saturated heterocycles. The van der Waals surface area contributed by atoms with Crippen LogP contribution in [-0.2, 0) is 4.74 Å². The molecule has 0 aliphatic rings. The van der Waals surface area contributed by atoms with E-state index in [-0.39, 0.29) is 29.6 Å². The maximum Gasteiger partial charge on any atom is 0.191 e. The van der Waals surface area contributed by atoms with Crippen molar-refractivity contribution < 1.29 is 4.74 Å². The van der Waals surface area contributed by atoms with Gasteiger partial charge in [0.2, 0.25) is 0 Å². The van der Waals surface area contributed by atoms with Crippen LogP contribution in [0.2, 0.25) is 0 Å².